The molecule has 1 aromatic heterocycles. The Balaban J connectivity index is 1.83. The molecule has 0 amide bonds. The Bertz CT molecular complexity index is 876. The first-order valence-corrected chi connectivity index (χ1v) is 7.22. The topological polar surface area (TPSA) is 66.5 Å². The molecule has 0 spiro atoms. The Hall–Kier alpha value is -3.27. The Kier molecular flexibility index (Phi) is 4.20. The summed E-state index contributed by atoms with van der Waals surface area (Å²) in [4.78, 5) is 0. The van der Waals surface area contributed by atoms with Crippen molar-refractivity contribution in [2.45, 2.75) is 13.0 Å². The summed E-state index contributed by atoms with van der Waals surface area (Å²) in [5.74, 6) is -1.65. The zero-order valence-electron chi connectivity index (χ0n) is 12.7. The summed E-state index contributed by atoms with van der Waals surface area (Å²) in [6.07, 6.45) is 1.69. The van der Waals surface area contributed by atoms with Gasteiger partial charge in [0.25, 0.3) is 0 Å². The van der Waals surface area contributed by atoms with Gasteiger partial charge in [0.1, 0.15) is 11.4 Å². The molecule has 0 aliphatic carbocycles. The van der Waals surface area contributed by atoms with E-state index in [1.165, 1.54) is 0 Å². The fourth-order valence-corrected chi connectivity index (χ4v) is 2.25. The summed E-state index contributed by atoms with van der Waals surface area (Å²) < 4.78 is 29.5. The van der Waals surface area contributed by atoms with Crippen LogP contribution < -0.4 is 5.32 Å². The van der Waals surface area contributed by atoms with Crippen molar-refractivity contribution in [3.8, 4) is 11.8 Å². The van der Waals surface area contributed by atoms with Crippen LogP contribution in [0, 0.1) is 23.0 Å². The van der Waals surface area contributed by atoms with Crippen LogP contribution in [-0.2, 0) is 0 Å². The van der Waals surface area contributed by atoms with Crippen molar-refractivity contribution in [1.82, 2.24) is 15.0 Å². The van der Waals surface area contributed by atoms with E-state index in [1.807, 2.05) is 30.3 Å². The molecule has 5 nitrogen and oxygen atoms in total. The van der Waals surface area contributed by atoms with Crippen LogP contribution in [0.1, 0.15) is 24.2 Å². The molecule has 1 N–H and O–H groups in total. The number of nitrogens with one attached hydrogen (secondary N) is 1. The second-order valence-electron chi connectivity index (χ2n) is 5.22. The molecular formula is C17H13F2N5. The lowest BCUT2D eigenvalue weighted by Crippen LogP contribution is -2.10. The summed E-state index contributed by atoms with van der Waals surface area (Å²) in [5, 5.41) is 19.5. The zero-order chi connectivity index (χ0) is 17.1. The maximum Gasteiger partial charge on any atom is 0.150 e. The monoisotopic (exact) mass is 325 g/mol. The van der Waals surface area contributed by atoms with E-state index in [2.05, 4.69) is 15.6 Å². The van der Waals surface area contributed by atoms with Gasteiger partial charge in [-0.2, -0.15) is 5.26 Å². The standard InChI is InChI=1S/C17H13F2N5/c1-11(21-17-14(18)7-12(9-20)8-15(17)19)16-10-24(23-22-16)13-5-3-2-4-6-13/h2-8,10-11,21H,1H3. The van der Waals surface area contributed by atoms with E-state index in [0.29, 0.717) is 5.69 Å². The number of anilines is 1. The van der Waals surface area contributed by atoms with E-state index in [1.54, 1.807) is 23.9 Å². The minimum atomic E-state index is -0.825. The van der Waals surface area contributed by atoms with Crippen molar-refractivity contribution < 1.29 is 8.78 Å². The molecule has 0 aliphatic rings. The van der Waals surface area contributed by atoms with Crippen LogP contribution in [0.5, 0.6) is 0 Å². The zero-order valence-corrected chi connectivity index (χ0v) is 12.7. The number of aromatic nitrogens is 3. The van der Waals surface area contributed by atoms with E-state index in [-0.39, 0.29) is 11.3 Å². The van der Waals surface area contributed by atoms with Gasteiger partial charge >= 0.3 is 0 Å². The van der Waals surface area contributed by atoms with Crippen molar-refractivity contribution in [1.29, 1.82) is 5.26 Å². The van der Waals surface area contributed by atoms with Gasteiger partial charge in [-0.1, -0.05) is 23.4 Å². The summed E-state index contributed by atoms with van der Waals surface area (Å²) >= 11 is 0. The molecular weight excluding hydrogens is 312 g/mol. The van der Waals surface area contributed by atoms with Gasteiger partial charge in [-0.15, -0.1) is 5.10 Å². The Morgan fingerprint density at radius 3 is 2.46 bits per heavy atom. The minimum Gasteiger partial charge on any atom is -0.372 e. The van der Waals surface area contributed by atoms with Gasteiger partial charge in [-0.3, -0.25) is 0 Å². The van der Waals surface area contributed by atoms with Gasteiger partial charge in [0, 0.05) is 0 Å². The average Bonchev–Trinajstić information content (AvgIpc) is 3.08. The molecule has 120 valence electrons. The maximum absolute atomic E-state index is 13.9. The summed E-state index contributed by atoms with van der Waals surface area (Å²) in [6.45, 7) is 1.72. The highest BCUT2D eigenvalue weighted by molar-refractivity contribution is 5.51. The minimum absolute atomic E-state index is 0.0711. The molecule has 0 radical (unpaired) electrons. The number of nitrogens with zero attached hydrogens (tertiary/aromatic N) is 4. The van der Waals surface area contributed by atoms with E-state index >= 15 is 0 Å². The van der Waals surface area contributed by atoms with E-state index in [0.717, 1.165) is 17.8 Å². The number of hydrogen-bond donors (Lipinski definition) is 1. The Morgan fingerprint density at radius 1 is 1.17 bits per heavy atom. The predicted octanol–water partition coefficient (Wildman–Crippen LogP) is 3.59. The first-order chi connectivity index (χ1) is 11.6. The first-order valence-electron chi connectivity index (χ1n) is 7.22. The summed E-state index contributed by atoms with van der Waals surface area (Å²) in [7, 11) is 0. The van der Waals surface area contributed by atoms with Gasteiger partial charge in [0.2, 0.25) is 0 Å². The van der Waals surface area contributed by atoms with Crippen LogP contribution in [-0.4, -0.2) is 15.0 Å². The number of benzene rings is 2. The lowest BCUT2D eigenvalue weighted by molar-refractivity contribution is 0.583. The molecule has 24 heavy (non-hydrogen) atoms. The third kappa shape index (κ3) is 3.08. The van der Waals surface area contributed by atoms with Crippen LogP contribution in [0.25, 0.3) is 5.69 Å². The fraction of sp³-hybridized carbons (Fsp3) is 0.118. The van der Waals surface area contributed by atoms with Crippen molar-refractivity contribution in [2.24, 2.45) is 0 Å². The number of rotatable bonds is 4. The first kappa shape index (κ1) is 15.6. The smallest absolute Gasteiger partial charge is 0.150 e. The van der Waals surface area contributed by atoms with E-state index < -0.39 is 17.7 Å². The molecule has 0 aliphatic heterocycles. The van der Waals surface area contributed by atoms with Gasteiger partial charge in [-0.25, -0.2) is 13.5 Å². The summed E-state index contributed by atoms with van der Waals surface area (Å²) in [6, 6.07) is 12.6. The van der Waals surface area contributed by atoms with E-state index in [9.17, 15) is 8.78 Å². The van der Waals surface area contributed by atoms with Crippen LogP contribution in [0.4, 0.5) is 14.5 Å². The molecule has 1 unspecified atom stereocenters. The molecule has 3 rings (SSSR count). The highest BCUT2D eigenvalue weighted by atomic mass is 19.1. The van der Waals surface area contributed by atoms with Crippen molar-refractivity contribution in [2.75, 3.05) is 5.32 Å². The largest absolute Gasteiger partial charge is 0.372 e. The maximum atomic E-state index is 13.9. The van der Waals surface area contributed by atoms with Crippen molar-refractivity contribution in [3.05, 3.63) is 71.6 Å². The third-order valence-electron chi connectivity index (χ3n) is 3.51. The molecule has 0 saturated heterocycles. The fourth-order valence-electron chi connectivity index (χ4n) is 2.25. The SMILES string of the molecule is CC(Nc1c(F)cc(C#N)cc1F)c1cn(-c2ccccc2)nn1. The summed E-state index contributed by atoms with van der Waals surface area (Å²) in [5.41, 5.74) is 0.996. The van der Waals surface area contributed by atoms with Gasteiger partial charge in [-0.05, 0) is 31.2 Å². The highest BCUT2D eigenvalue weighted by Gasteiger charge is 2.17. The van der Waals surface area contributed by atoms with Crippen molar-refractivity contribution >= 4 is 5.69 Å². The number of hydrogen-bond acceptors (Lipinski definition) is 4. The quantitative estimate of drug-likeness (QED) is 0.796. The Morgan fingerprint density at radius 2 is 1.83 bits per heavy atom. The normalized spacial score (nSPS) is 11.8. The highest BCUT2D eigenvalue weighted by Crippen LogP contribution is 2.25. The van der Waals surface area contributed by atoms with Crippen LogP contribution in [0.3, 0.4) is 0 Å². The van der Waals surface area contributed by atoms with Gasteiger partial charge in [0.15, 0.2) is 11.6 Å². The Labute approximate surface area is 137 Å². The molecule has 2 aromatic carbocycles. The average molecular weight is 325 g/mol. The third-order valence-corrected chi connectivity index (χ3v) is 3.51. The number of halogens is 2. The van der Waals surface area contributed by atoms with Crippen LogP contribution >= 0.6 is 0 Å². The van der Waals surface area contributed by atoms with Gasteiger partial charge < -0.3 is 5.32 Å². The lowest BCUT2D eigenvalue weighted by atomic mass is 10.1. The molecule has 0 saturated carbocycles. The lowest BCUT2D eigenvalue weighted by Gasteiger charge is -2.14. The molecule has 0 bridgehead atoms. The second kappa shape index (κ2) is 6.46. The number of nitriles is 1. The molecule has 1 atom stereocenters. The van der Waals surface area contributed by atoms with Crippen LogP contribution in [0.2, 0.25) is 0 Å². The van der Waals surface area contributed by atoms with Gasteiger partial charge in [0.05, 0.1) is 29.6 Å². The number of para-hydroxylation sites is 1. The predicted molar refractivity (Wildman–Crippen MR) is 84.5 cm³/mol. The van der Waals surface area contributed by atoms with Crippen molar-refractivity contribution in [3.63, 3.8) is 0 Å². The molecule has 0 fully saturated rings. The molecule has 7 heteroatoms. The molecule has 3 aromatic rings. The second-order valence-corrected chi connectivity index (χ2v) is 5.22. The molecule has 1 heterocycles. The van der Waals surface area contributed by atoms with Crippen LogP contribution in [0.15, 0.2) is 48.7 Å². The van der Waals surface area contributed by atoms with E-state index in [4.69, 9.17) is 5.26 Å².